The molecule has 0 N–H and O–H groups in total. The Balaban J connectivity index is 1.32. The van der Waals surface area contributed by atoms with Crippen LogP contribution in [0.15, 0.2) is 65.8 Å². The van der Waals surface area contributed by atoms with Crippen LogP contribution in [0.2, 0.25) is 5.02 Å². The van der Waals surface area contributed by atoms with E-state index in [9.17, 15) is 9.59 Å². The smallest absolute Gasteiger partial charge is 0.254 e. The first-order valence-corrected chi connectivity index (χ1v) is 10.1. The van der Waals surface area contributed by atoms with Crippen LogP contribution >= 0.6 is 11.6 Å². The molecule has 0 aromatic heterocycles. The topological polar surface area (TPSA) is 59.0 Å². The van der Waals surface area contributed by atoms with Crippen LogP contribution in [0.4, 0.5) is 0 Å². The van der Waals surface area contributed by atoms with Gasteiger partial charge in [-0.2, -0.15) is 10.1 Å². The summed E-state index contributed by atoms with van der Waals surface area (Å²) in [4.78, 5) is 25.5. The molecule has 2 fully saturated rings. The molecule has 5 rings (SSSR count). The summed E-state index contributed by atoms with van der Waals surface area (Å²) in [5.74, 6) is 0.123. The van der Waals surface area contributed by atoms with Crippen molar-refractivity contribution in [3.8, 4) is 5.75 Å². The van der Waals surface area contributed by atoms with Gasteiger partial charge in [-0.1, -0.05) is 48.0 Å². The number of fused-ring (bicyclic) bond motifs is 5. The molecule has 2 aromatic carbocycles. The number of ether oxygens (including phenoxy) is 1. The molecule has 2 aliphatic carbocycles. The van der Waals surface area contributed by atoms with Crippen molar-refractivity contribution in [3.05, 3.63) is 76.8 Å². The number of hydrogen-bond donors (Lipinski definition) is 0. The number of benzene rings is 2. The second-order valence-electron chi connectivity index (χ2n) is 7.69. The van der Waals surface area contributed by atoms with Gasteiger partial charge in [0.2, 0.25) is 0 Å². The number of carbonyl (C=O) groups excluding carboxylic acids is 2. The molecule has 1 saturated carbocycles. The minimum atomic E-state index is -0.244. The fraction of sp³-hybridized carbons (Fsp3) is 0.261. The summed E-state index contributed by atoms with van der Waals surface area (Å²) in [7, 11) is 0. The van der Waals surface area contributed by atoms with E-state index in [0.29, 0.717) is 22.9 Å². The molecule has 6 heteroatoms. The SMILES string of the molecule is O=C1[C@@H]2[C@@H](C(=O)N1/N=C\c1ccccc1OCc1ccc(Cl)cc1)[C@H]1C=C[C@H]2C1. The Hall–Kier alpha value is -2.92. The molecular weight excluding hydrogens is 388 g/mol. The Morgan fingerprint density at radius 2 is 1.66 bits per heavy atom. The Kier molecular flexibility index (Phi) is 4.47. The summed E-state index contributed by atoms with van der Waals surface area (Å²) in [6.07, 6.45) is 6.59. The lowest BCUT2D eigenvalue weighted by molar-refractivity contribution is -0.140. The average Bonchev–Trinajstić information content (AvgIpc) is 3.41. The molecule has 2 aromatic rings. The number of hydrazone groups is 1. The number of allylic oxidation sites excluding steroid dienone is 2. The number of rotatable bonds is 5. The third kappa shape index (κ3) is 3.15. The van der Waals surface area contributed by atoms with E-state index < -0.39 is 0 Å². The van der Waals surface area contributed by atoms with Gasteiger partial charge in [-0.05, 0) is 48.1 Å². The Bertz CT molecular complexity index is 1000. The van der Waals surface area contributed by atoms with E-state index in [4.69, 9.17) is 16.3 Å². The van der Waals surface area contributed by atoms with Crippen LogP contribution in [0.1, 0.15) is 17.5 Å². The Morgan fingerprint density at radius 3 is 2.34 bits per heavy atom. The first-order chi connectivity index (χ1) is 14.1. The maximum Gasteiger partial charge on any atom is 0.254 e. The molecule has 146 valence electrons. The maximum atomic E-state index is 12.7. The van der Waals surface area contributed by atoms with Crippen molar-refractivity contribution in [2.45, 2.75) is 13.0 Å². The number of para-hydroxylation sites is 1. The van der Waals surface area contributed by atoms with Crippen LogP contribution in [-0.2, 0) is 16.2 Å². The van der Waals surface area contributed by atoms with E-state index in [0.717, 1.165) is 17.0 Å². The molecule has 1 heterocycles. The van der Waals surface area contributed by atoms with Gasteiger partial charge >= 0.3 is 0 Å². The van der Waals surface area contributed by atoms with Crippen molar-refractivity contribution >= 4 is 29.6 Å². The normalized spacial score (nSPS) is 27.3. The fourth-order valence-corrected chi connectivity index (χ4v) is 4.71. The molecule has 2 bridgehead atoms. The summed E-state index contributed by atoms with van der Waals surface area (Å²) in [6, 6.07) is 14.9. The minimum Gasteiger partial charge on any atom is -0.488 e. The van der Waals surface area contributed by atoms with E-state index in [1.807, 2.05) is 48.5 Å². The van der Waals surface area contributed by atoms with Gasteiger partial charge in [0.1, 0.15) is 12.4 Å². The zero-order valence-corrected chi connectivity index (χ0v) is 16.3. The molecule has 0 spiro atoms. The Labute approximate surface area is 173 Å². The highest BCUT2D eigenvalue weighted by Gasteiger charge is 2.59. The van der Waals surface area contributed by atoms with Crippen molar-refractivity contribution in [1.82, 2.24) is 5.01 Å². The van der Waals surface area contributed by atoms with Gasteiger partial charge in [-0.15, -0.1) is 0 Å². The Morgan fingerprint density at radius 1 is 1.00 bits per heavy atom. The van der Waals surface area contributed by atoms with Gasteiger partial charge in [-0.25, -0.2) is 0 Å². The van der Waals surface area contributed by atoms with Gasteiger partial charge in [0.25, 0.3) is 11.8 Å². The van der Waals surface area contributed by atoms with E-state index in [-0.39, 0.29) is 35.5 Å². The molecule has 0 radical (unpaired) electrons. The van der Waals surface area contributed by atoms with Crippen molar-refractivity contribution in [2.75, 3.05) is 0 Å². The number of hydrogen-bond acceptors (Lipinski definition) is 4. The number of halogens is 1. The predicted molar refractivity (Wildman–Crippen MR) is 109 cm³/mol. The highest BCUT2D eigenvalue weighted by Crippen LogP contribution is 2.52. The zero-order chi connectivity index (χ0) is 20.0. The van der Waals surface area contributed by atoms with Crippen molar-refractivity contribution < 1.29 is 14.3 Å². The van der Waals surface area contributed by atoms with Gasteiger partial charge in [0.15, 0.2) is 0 Å². The van der Waals surface area contributed by atoms with Gasteiger partial charge in [0.05, 0.1) is 18.1 Å². The monoisotopic (exact) mass is 406 g/mol. The van der Waals surface area contributed by atoms with E-state index in [2.05, 4.69) is 17.3 Å². The average molecular weight is 407 g/mol. The summed E-state index contributed by atoms with van der Waals surface area (Å²) < 4.78 is 5.92. The second-order valence-corrected chi connectivity index (χ2v) is 8.12. The van der Waals surface area contributed by atoms with Crippen LogP contribution in [-0.4, -0.2) is 23.0 Å². The molecule has 1 aliphatic heterocycles. The van der Waals surface area contributed by atoms with Crippen molar-refractivity contribution in [1.29, 1.82) is 0 Å². The van der Waals surface area contributed by atoms with Gasteiger partial charge < -0.3 is 4.74 Å². The molecular formula is C23H19ClN2O3. The second kappa shape index (κ2) is 7.16. The standard InChI is InChI=1S/C23H19ClN2O3/c24-18-9-5-14(6-10-18)13-29-19-4-2-1-3-17(19)12-25-26-22(27)20-15-7-8-16(11-15)21(20)23(26)28/h1-10,12,15-16,20-21H,11,13H2/b25-12-/t15-,16-,20-,21-/m0/s1. The minimum absolute atomic E-state index is 0.177. The molecule has 2 amide bonds. The molecule has 5 nitrogen and oxygen atoms in total. The number of amides is 2. The molecule has 29 heavy (non-hydrogen) atoms. The van der Waals surface area contributed by atoms with E-state index in [1.165, 1.54) is 6.21 Å². The van der Waals surface area contributed by atoms with Crippen LogP contribution in [0.3, 0.4) is 0 Å². The number of imide groups is 1. The quantitative estimate of drug-likeness (QED) is 0.427. The lowest BCUT2D eigenvalue weighted by Crippen LogP contribution is -2.28. The van der Waals surface area contributed by atoms with Gasteiger partial charge in [0, 0.05) is 10.6 Å². The highest BCUT2D eigenvalue weighted by molar-refractivity contribution is 6.30. The zero-order valence-electron chi connectivity index (χ0n) is 15.6. The van der Waals surface area contributed by atoms with E-state index in [1.54, 1.807) is 0 Å². The first-order valence-electron chi connectivity index (χ1n) is 9.68. The van der Waals surface area contributed by atoms with Crippen LogP contribution < -0.4 is 4.74 Å². The number of carbonyl (C=O) groups is 2. The summed E-state index contributed by atoms with van der Waals surface area (Å²) in [5, 5.41) is 5.97. The molecule has 4 atom stereocenters. The van der Waals surface area contributed by atoms with E-state index >= 15 is 0 Å². The summed E-state index contributed by atoms with van der Waals surface area (Å²) in [5.41, 5.74) is 1.70. The largest absolute Gasteiger partial charge is 0.488 e. The van der Waals surface area contributed by atoms with Crippen molar-refractivity contribution in [2.24, 2.45) is 28.8 Å². The third-order valence-corrected chi connectivity index (χ3v) is 6.24. The summed E-state index contributed by atoms with van der Waals surface area (Å²) in [6.45, 7) is 0.378. The fourth-order valence-electron chi connectivity index (χ4n) is 4.58. The summed E-state index contributed by atoms with van der Waals surface area (Å²) >= 11 is 5.92. The highest BCUT2D eigenvalue weighted by atomic mass is 35.5. The predicted octanol–water partition coefficient (Wildman–Crippen LogP) is 4.06. The molecule has 3 aliphatic rings. The van der Waals surface area contributed by atoms with Gasteiger partial charge in [-0.3, -0.25) is 9.59 Å². The number of nitrogens with zero attached hydrogens (tertiary/aromatic N) is 2. The van der Waals surface area contributed by atoms with Crippen LogP contribution in [0.25, 0.3) is 0 Å². The third-order valence-electron chi connectivity index (χ3n) is 5.99. The van der Waals surface area contributed by atoms with Crippen molar-refractivity contribution in [3.63, 3.8) is 0 Å². The lowest BCUT2D eigenvalue weighted by Gasteiger charge is -2.13. The molecule has 1 saturated heterocycles. The van der Waals surface area contributed by atoms with Crippen LogP contribution in [0, 0.1) is 23.7 Å². The molecule has 0 unspecified atom stereocenters. The lowest BCUT2D eigenvalue weighted by atomic mass is 9.85. The van der Waals surface area contributed by atoms with Crippen LogP contribution in [0.5, 0.6) is 5.75 Å². The first kappa shape index (κ1) is 18.1. The maximum absolute atomic E-state index is 12.7.